The molecule has 0 saturated heterocycles. The summed E-state index contributed by atoms with van der Waals surface area (Å²) in [5, 5.41) is 0. The van der Waals surface area contributed by atoms with E-state index in [9.17, 15) is 0 Å². The van der Waals surface area contributed by atoms with Crippen molar-refractivity contribution in [3.63, 3.8) is 0 Å². The Bertz CT molecular complexity index is 829. The number of nitrogens with zero attached hydrogens (tertiary/aromatic N) is 2. The lowest BCUT2D eigenvalue weighted by molar-refractivity contribution is -0.689. The molecule has 0 spiro atoms. The molecular weight excluding hydrogens is 368 g/mol. The zero-order valence-electron chi connectivity index (χ0n) is 18.8. The van der Waals surface area contributed by atoms with Gasteiger partial charge in [-0.2, -0.15) is 0 Å². The number of pyridine rings is 2. The molecule has 30 heavy (non-hydrogen) atoms. The zero-order chi connectivity index (χ0) is 21.2. The molecule has 0 atom stereocenters. The van der Waals surface area contributed by atoms with Crippen LogP contribution in [0.3, 0.4) is 0 Å². The van der Waals surface area contributed by atoms with Gasteiger partial charge in [-0.05, 0) is 36.5 Å². The van der Waals surface area contributed by atoms with Gasteiger partial charge in [0.1, 0.15) is 5.75 Å². The highest BCUT2D eigenvalue weighted by atomic mass is 16.5. The normalized spacial score (nSPS) is 11.1. The summed E-state index contributed by atoms with van der Waals surface area (Å²) in [5.41, 5.74) is 3.92. The fourth-order valence-electron chi connectivity index (χ4n) is 4.00. The topological polar surface area (TPSA) is 17.0 Å². The number of hydrogen-bond acceptors (Lipinski definition) is 1. The number of rotatable bonds is 11. The molecule has 0 aliphatic heterocycles. The van der Waals surface area contributed by atoms with E-state index in [2.05, 4.69) is 96.3 Å². The number of hydrogen-bond donors (Lipinski definition) is 0. The highest BCUT2D eigenvalue weighted by Crippen LogP contribution is 2.27. The Kier molecular flexibility index (Phi) is 8.43. The van der Waals surface area contributed by atoms with Gasteiger partial charge < -0.3 is 4.74 Å². The monoisotopic (exact) mass is 404 g/mol. The summed E-state index contributed by atoms with van der Waals surface area (Å²) in [5.74, 6) is 1.81. The van der Waals surface area contributed by atoms with Crippen molar-refractivity contribution in [2.24, 2.45) is 5.92 Å². The minimum atomic E-state index is 0.801. The summed E-state index contributed by atoms with van der Waals surface area (Å²) >= 11 is 0. The van der Waals surface area contributed by atoms with Crippen LogP contribution in [-0.4, -0.2) is 7.11 Å². The predicted octanol–water partition coefficient (Wildman–Crippen LogP) is 5.13. The SMILES string of the molecule is COc1c(C[n+]2ccccc2)cc(CCCCCC(C)C)cc1C[n+]1ccccc1. The summed E-state index contributed by atoms with van der Waals surface area (Å²) in [4.78, 5) is 0. The van der Waals surface area contributed by atoms with E-state index in [-0.39, 0.29) is 0 Å². The molecule has 2 aromatic heterocycles. The van der Waals surface area contributed by atoms with Crippen molar-refractivity contribution in [1.29, 1.82) is 0 Å². The predicted molar refractivity (Wildman–Crippen MR) is 121 cm³/mol. The zero-order valence-corrected chi connectivity index (χ0v) is 18.8. The molecule has 3 heteroatoms. The Hall–Kier alpha value is -2.68. The lowest BCUT2D eigenvalue weighted by Gasteiger charge is -2.14. The molecule has 0 unspecified atom stereocenters. The first-order valence-electron chi connectivity index (χ1n) is 11.2. The Morgan fingerprint density at radius 3 is 1.73 bits per heavy atom. The van der Waals surface area contributed by atoms with Crippen molar-refractivity contribution in [2.75, 3.05) is 7.11 Å². The van der Waals surface area contributed by atoms with E-state index in [1.54, 1.807) is 7.11 Å². The summed E-state index contributed by atoms with van der Waals surface area (Å²) in [6.07, 6.45) is 14.8. The van der Waals surface area contributed by atoms with Crippen molar-refractivity contribution in [3.05, 3.63) is 90.0 Å². The van der Waals surface area contributed by atoms with Crippen LogP contribution in [-0.2, 0) is 19.5 Å². The largest absolute Gasteiger partial charge is 0.496 e. The van der Waals surface area contributed by atoms with Gasteiger partial charge in [0.25, 0.3) is 0 Å². The van der Waals surface area contributed by atoms with Crippen LogP contribution in [0.1, 0.15) is 56.2 Å². The van der Waals surface area contributed by atoms with Gasteiger partial charge in [-0.3, -0.25) is 0 Å². The number of ether oxygens (including phenoxy) is 1. The van der Waals surface area contributed by atoms with Gasteiger partial charge in [0.2, 0.25) is 0 Å². The molecule has 0 saturated carbocycles. The van der Waals surface area contributed by atoms with Crippen molar-refractivity contribution < 1.29 is 13.9 Å². The molecule has 3 nitrogen and oxygen atoms in total. The molecule has 3 aromatic rings. The number of aromatic nitrogens is 2. The van der Waals surface area contributed by atoms with Crippen molar-refractivity contribution in [1.82, 2.24) is 0 Å². The van der Waals surface area contributed by atoms with Gasteiger partial charge in [0, 0.05) is 24.3 Å². The minimum Gasteiger partial charge on any atom is -0.496 e. The summed E-state index contributed by atoms with van der Waals surface area (Å²) < 4.78 is 10.3. The van der Waals surface area contributed by atoms with Gasteiger partial charge in [-0.1, -0.05) is 45.2 Å². The maximum absolute atomic E-state index is 5.92. The first-order valence-corrected chi connectivity index (χ1v) is 11.2. The van der Waals surface area contributed by atoms with Crippen molar-refractivity contribution >= 4 is 0 Å². The van der Waals surface area contributed by atoms with E-state index in [4.69, 9.17) is 4.74 Å². The van der Waals surface area contributed by atoms with Crippen molar-refractivity contribution in [3.8, 4) is 5.75 Å². The average Bonchev–Trinajstić information content (AvgIpc) is 2.75. The summed E-state index contributed by atoms with van der Waals surface area (Å²) in [6, 6.07) is 17.1. The summed E-state index contributed by atoms with van der Waals surface area (Å²) in [7, 11) is 1.79. The van der Waals surface area contributed by atoms with E-state index >= 15 is 0 Å². The fourth-order valence-corrected chi connectivity index (χ4v) is 4.00. The van der Waals surface area contributed by atoms with E-state index in [1.807, 2.05) is 0 Å². The van der Waals surface area contributed by atoms with Gasteiger partial charge >= 0.3 is 0 Å². The third-order valence-corrected chi connectivity index (χ3v) is 5.51. The first-order chi connectivity index (χ1) is 14.7. The second-order valence-electron chi connectivity index (χ2n) is 8.54. The molecule has 0 aliphatic rings. The smallest absolute Gasteiger partial charge is 0.177 e. The number of methoxy groups -OCH3 is 1. The van der Waals surface area contributed by atoms with Gasteiger partial charge in [0.05, 0.1) is 18.2 Å². The maximum atomic E-state index is 5.92. The molecule has 0 bridgehead atoms. The average molecular weight is 405 g/mol. The van der Waals surface area contributed by atoms with Crippen molar-refractivity contribution in [2.45, 2.75) is 59.0 Å². The van der Waals surface area contributed by atoms with Crippen LogP contribution >= 0.6 is 0 Å². The standard InChI is InChI=1S/C27H36N2O/c1-23(2)13-7-4-8-14-24-19-25(21-28-15-9-5-10-16-28)27(30-3)26(20-24)22-29-17-11-6-12-18-29/h5-6,9-12,15-20,23H,4,7-8,13-14,21-22H2,1-3H3/q+2. The summed E-state index contributed by atoms with van der Waals surface area (Å²) in [6.45, 7) is 6.25. The quantitative estimate of drug-likeness (QED) is 0.320. The van der Waals surface area contributed by atoms with Crippen LogP contribution < -0.4 is 13.9 Å². The lowest BCUT2D eigenvalue weighted by Crippen LogP contribution is -2.35. The fraction of sp³-hybridized carbons (Fsp3) is 0.407. The van der Waals surface area contributed by atoms with Crippen LogP contribution in [0.2, 0.25) is 0 Å². The van der Waals surface area contributed by atoms with Gasteiger partial charge in [-0.25, -0.2) is 9.13 Å². The second kappa shape index (κ2) is 11.5. The maximum Gasteiger partial charge on any atom is 0.177 e. The molecule has 158 valence electrons. The highest BCUT2D eigenvalue weighted by Gasteiger charge is 2.18. The molecule has 0 radical (unpaired) electrons. The minimum absolute atomic E-state index is 0.801. The molecule has 0 amide bonds. The first kappa shape index (κ1) is 22.0. The molecule has 0 fully saturated rings. The molecule has 2 heterocycles. The number of aryl methyl sites for hydroxylation is 1. The third-order valence-electron chi connectivity index (χ3n) is 5.51. The van der Waals surface area contributed by atoms with E-state index in [0.29, 0.717) is 0 Å². The van der Waals surface area contributed by atoms with E-state index in [1.165, 1.54) is 42.4 Å². The van der Waals surface area contributed by atoms with Crippen LogP contribution in [0.25, 0.3) is 0 Å². The van der Waals surface area contributed by atoms with Crippen LogP contribution in [0.4, 0.5) is 0 Å². The van der Waals surface area contributed by atoms with E-state index < -0.39 is 0 Å². The Balaban J connectivity index is 1.83. The third kappa shape index (κ3) is 6.69. The number of unbranched alkanes of at least 4 members (excludes halogenated alkanes) is 2. The molecule has 0 N–H and O–H groups in total. The molecular formula is C27H36N2O+2. The second-order valence-corrected chi connectivity index (χ2v) is 8.54. The van der Waals surface area contributed by atoms with Crippen LogP contribution in [0.5, 0.6) is 5.75 Å². The Morgan fingerprint density at radius 2 is 1.27 bits per heavy atom. The molecule has 3 rings (SSSR count). The van der Waals surface area contributed by atoms with Gasteiger partial charge in [0.15, 0.2) is 37.9 Å². The van der Waals surface area contributed by atoms with Gasteiger partial charge in [-0.15, -0.1) is 0 Å². The Morgan fingerprint density at radius 1 is 0.733 bits per heavy atom. The number of benzene rings is 1. The molecule has 0 aliphatic carbocycles. The lowest BCUT2D eigenvalue weighted by atomic mass is 9.98. The highest BCUT2D eigenvalue weighted by molar-refractivity contribution is 5.44. The van der Waals surface area contributed by atoms with Crippen LogP contribution in [0, 0.1) is 5.92 Å². The van der Waals surface area contributed by atoms with E-state index in [0.717, 1.165) is 31.2 Å². The Labute approximate surface area is 182 Å². The molecule has 1 aromatic carbocycles. The van der Waals surface area contributed by atoms with Crippen LogP contribution in [0.15, 0.2) is 73.3 Å².